The monoisotopic (exact) mass is 604 g/mol. The van der Waals surface area contributed by atoms with Crippen LogP contribution in [-0.2, 0) is 16.1 Å². The van der Waals surface area contributed by atoms with E-state index in [-0.39, 0.29) is 41.7 Å². The van der Waals surface area contributed by atoms with Crippen LogP contribution in [0.3, 0.4) is 0 Å². The summed E-state index contributed by atoms with van der Waals surface area (Å²) in [5.41, 5.74) is 8.55. The van der Waals surface area contributed by atoms with Crippen LogP contribution in [0.25, 0.3) is 16.9 Å². The molecule has 0 radical (unpaired) electrons. The van der Waals surface area contributed by atoms with Crippen LogP contribution < -0.4 is 10.2 Å². The van der Waals surface area contributed by atoms with Gasteiger partial charge in [0.25, 0.3) is 0 Å². The van der Waals surface area contributed by atoms with Gasteiger partial charge in [-0.2, -0.15) is 5.10 Å². The highest BCUT2D eigenvalue weighted by atomic mass is 32.2. The number of halogens is 1. The molecule has 1 aliphatic rings. The van der Waals surface area contributed by atoms with Gasteiger partial charge in [0, 0.05) is 17.7 Å². The Bertz CT molecular complexity index is 1840. The molecule has 2 heterocycles. The third-order valence-electron chi connectivity index (χ3n) is 7.99. The quantitative estimate of drug-likeness (QED) is 0.215. The molecule has 5 aromatic rings. The summed E-state index contributed by atoms with van der Waals surface area (Å²) in [5, 5.41) is 7.93. The second kappa shape index (κ2) is 12.5. The van der Waals surface area contributed by atoms with Crippen LogP contribution in [0, 0.1) is 26.6 Å². The molecule has 44 heavy (non-hydrogen) atoms. The van der Waals surface area contributed by atoms with E-state index in [1.165, 1.54) is 12.1 Å². The molecule has 222 valence electrons. The Labute approximate surface area is 260 Å². The number of aryl methyl sites for hydroxylation is 2. The number of nitrogens with one attached hydrogen (secondary N) is 1. The number of thioether (sulfide) groups is 1. The van der Waals surface area contributed by atoms with E-state index >= 15 is 0 Å². The van der Waals surface area contributed by atoms with Gasteiger partial charge in [0.15, 0.2) is 0 Å². The standard InChI is InChI=1S/C36H33FN4O2S/c1-23-9-7-13-28(19-23)35-33-34(27-11-5-4-6-12-27)39-41(30-14-8-10-24(2)25(30)3)36(33)40(32(43)22-44-35)21-31(42)38-20-26-15-17-29(37)18-16-26/h4-19,35H,20-22H2,1-3H3,(H,38,42)/t35-/m0/s1. The Hall–Kier alpha value is -4.69. The number of carbonyl (C=O) groups excluding carboxylic acids is 2. The number of nitrogens with zero attached hydrogens (tertiary/aromatic N) is 3. The number of hydrogen-bond donors (Lipinski definition) is 1. The maximum atomic E-state index is 14.0. The topological polar surface area (TPSA) is 67.2 Å². The highest BCUT2D eigenvalue weighted by Gasteiger charge is 2.38. The Morgan fingerprint density at radius 1 is 0.955 bits per heavy atom. The van der Waals surface area contributed by atoms with E-state index in [4.69, 9.17) is 5.10 Å². The predicted molar refractivity (Wildman–Crippen MR) is 175 cm³/mol. The Morgan fingerprint density at radius 3 is 2.45 bits per heavy atom. The average Bonchev–Trinajstić information content (AvgIpc) is 3.34. The molecule has 0 saturated heterocycles. The molecule has 1 N–H and O–H groups in total. The van der Waals surface area contributed by atoms with E-state index in [2.05, 4.69) is 43.4 Å². The lowest BCUT2D eigenvalue weighted by molar-refractivity contribution is -0.123. The third kappa shape index (κ3) is 5.90. The zero-order valence-corrected chi connectivity index (χ0v) is 25.7. The number of rotatable bonds is 7. The summed E-state index contributed by atoms with van der Waals surface area (Å²) in [6.45, 7) is 6.20. The Balaban J connectivity index is 1.52. The molecule has 2 amide bonds. The predicted octanol–water partition coefficient (Wildman–Crippen LogP) is 7.09. The molecule has 0 aliphatic carbocycles. The first-order chi connectivity index (χ1) is 21.3. The SMILES string of the molecule is Cc1cccc([C@@H]2SCC(=O)N(CC(=O)NCc3ccc(F)cc3)c3c2c(-c2ccccc2)nn3-c2cccc(C)c2C)c1. The zero-order valence-electron chi connectivity index (χ0n) is 24.9. The summed E-state index contributed by atoms with van der Waals surface area (Å²) >= 11 is 1.55. The molecule has 0 saturated carbocycles. The zero-order chi connectivity index (χ0) is 30.8. The molecule has 0 bridgehead atoms. The first-order valence-corrected chi connectivity index (χ1v) is 15.6. The fourth-order valence-electron chi connectivity index (χ4n) is 5.56. The van der Waals surface area contributed by atoms with Crippen LogP contribution in [0.5, 0.6) is 0 Å². The van der Waals surface area contributed by atoms with Crippen LogP contribution in [0.2, 0.25) is 0 Å². The van der Waals surface area contributed by atoms with Gasteiger partial charge in [-0.15, -0.1) is 11.8 Å². The first kappa shape index (κ1) is 29.4. The average molecular weight is 605 g/mol. The van der Waals surface area contributed by atoms with E-state index in [1.807, 2.05) is 60.1 Å². The van der Waals surface area contributed by atoms with Crippen LogP contribution >= 0.6 is 11.8 Å². The number of carbonyl (C=O) groups is 2. The minimum atomic E-state index is -0.336. The number of fused-ring (bicyclic) bond motifs is 1. The normalized spacial score (nSPS) is 14.7. The van der Waals surface area contributed by atoms with Crippen LogP contribution in [-0.4, -0.2) is 33.9 Å². The Morgan fingerprint density at radius 2 is 1.70 bits per heavy atom. The molecular weight excluding hydrogens is 571 g/mol. The minimum absolute atomic E-state index is 0.172. The summed E-state index contributed by atoms with van der Waals surface area (Å²) in [4.78, 5) is 29.0. The van der Waals surface area contributed by atoms with Crippen LogP contribution in [0.15, 0.2) is 97.1 Å². The molecule has 8 heteroatoms. The van der Waals surface area contributed by atoms with Crippen molar-refractivity contribution in [2.24, 2.45) is 0 Å². The van der Waals surface area contributed by atoms with Crippen molar-refractivity contribution in [3.05, 3.63) is 136 Å². The van der Waals surface area contributed by atoms with Crippen molar-refractivity contribution in [3.8, 4) is 16.9 Å². The van der Waals surface area contributed by atoms with E-state index in [1.54, 1.807) is 28.8 Å². The Kier molecular flexibility index (Phi) is 8.35. The van der Waals surface area contributed by atoms with Crippen LogP contribution in [0.1, 0.15) is 38.6 Å². The second-order valence-electron chi connectivity index (χ2n) is 11.1. The molecular formula is C36H33FN4O2S. The molecule has 1 aliphatic heterocycles. The van der Waals surface area contributed by atoms with Crippen molar-refractivity contribution in [3.63, 3.8) is 0 Å². The van der Waals surface area contributed by atoms with Gasteiger partial charge < -0.3 is 5.32 Å². The lowest BCUT2D eigenvalue weighted by Crippen LogP contribution is -2.42. The van der Waals surface area contributed by atoms with Gasteiger partial charge in [0.2, 0.25) is 11.8 Å². The van der Waals surface area contributed by atoms with Gasteiger partial charge in [-0.3, -0.25) is 14.5 Å². The summed E-state index contributed by atoms with van der Waals surface area (Å²) < 4.78 is 15.3. The largest absolute Gasteiger partial charge is 0.350 e. The molecule has 1 aromatic heterocycles. The van der Waals surface area contributed by atoms with Gasteiger partial charge in [-0.25, -0.2) is 9.07 Å². The summed E-state index contributed by atoms with van der Waals surface area (Å²) in [6.07, 6.45) is 0. The van der Waals surface area contributed by atoms with E-state index in [0.717, 1.165) is 50.3 Å². The molecule has 1 atom stereocenters. The summed E-state index contributed by atoms with van der Waals surface area (Å²) in [6, 6.07) is 30.4. The van der Waals surface area contributed by atoms with E-state index in [9.17, 15) is 14.0 Å². The van der Waals surface area contributed by atoms with Gasteiger partial charge in [0.05, 0.1) is 22.4 Å². The third-order valence-corrected chi connectivity index (χ3v) is 9.24. The molecule has 6 nitrogen and oxygen atoms in total. The summed E-state index contributed by atoms with van der Waals surface area (Å²) in [5.74, 6) is -0.0371. The number of benzene rings is 4. The fourth-order valence-corrected chi connectivity index (χ4v) is 6.75. The van der Waals surface area contributed by atoms with Crippen molar-refractivity contribution >= 4 is 29.4 Å². The van der Waals surface area contributed by atoms with Gasteiger partial charge in [-0.05, 0) is 61.2 Å². The number of aromatic nitrogens is 2. The lowest BCUT2D eigenvalue weighted by Gasteiger charge is -2.24. The highest BCUT2D eigenvalue weighted by Crippen LogP contribution is 2.48. The second-order valence-corrected chi connectivity index (χ2v) is 12.2. The minimum Gasteiger partial charge on any atom is -0.350 e. The maximum absolute atomic E-state index is 14.0. The fraction of sp³-hybridized carbons (Fsp3) is 0.194. The number of amides is 2. The van der Waals surface area contributed by atoms with Crippen molar-refractivity contribution in [2.75, 3.05) is 17.2 Å². The molecule has 6 rings (SSSR count). The lowest BCUT2D eigenvalue weighted by atomic mass is 9.98. The molecule has 4 aromatic carbocycles. The van der Waals surface area contributed by atoms with Crippen molar-refractivity contribution < 1.29 is 14.0 Å². The number of anilines is 1. The molecule has 0 spiro atoms. The summed E-state index contributed by atoms with van der Waals surface area (Å²) in [7, 11) is 0. The van der Waals surface area contributed by atoms with Crippen LogP contribution in [0.4, 0.5) is 10.2 Å². The smallest absolute Gasteiger partial charge is 0.240 e. The van der Waals surface area contributed by atoms with E-state index in [0.29, 0.717) is 5.82 Å². The van der Waals surface area contributed by atoms with Gasteiger partial charge in [-0.1, -0.05) is 84.4 Å². The molecule has 0 unspecified atom stereocenters. The maximum Gasteiger partial charge on any atom is 0.240 e. The van der Waals surface area contributed by atoms with Gasteiger partial charge >= 0.3 is 0 Å². The number of hydrogen-bond acceptors (Lipinski definition) is 4. The van der Waals surface area contributed by atoms with Crippen molar-refractivity contribution in [1.29, 1.82) is 0 Å². The first-order valence-electron chi connectivity index (χ1n) is 14.5. The molecule has 0 fully saturated rings. The van der Waals surface area contributed by atoms with Crippen molar-refractivity contribution in [1.82, 2.24) is 15.1 Å². The van der Waals surface area contributed by atoms with Crippen molar-refractivity contribution in [2.45, 2.75) is 32.6 Å². The van der Waals surface area contributed by atoms with Gasteiger partial charge in [0.1, 0.15) is 18.2 Å². The highest BCUT2D eigenvalue weighted by molar-refractivity contribution is 8.00. The van der Waals surface area contributed by atoms with E-state index < -0.39 is 0 Å².